The van der Waals surface area contributed by atoms with Crippen molar-refractivity contribution in [3.05, 3.63) is 47.8 Å². The van der Waals surface area contributed by atoms with Crippen LogP contribution in [0.4, 0.5) is 10.1 Å². The molecule has 5 nitrogen and oxygen atoms in total. The number of hydrogen-bond donors (Lipinski definition) is 2. The Balaban J connectivity index is 2.22. The molecule has 0 atom stereocenters. The molecule has 0 saturated carbocycles. The summed E-state index contributed by atoms with van der Waals surface area (Å²) in [5.41, 5.74) is 6.16. The minimum absolute atomic E-state index is 0.141. The number of nitrogens with one attached hydrogen (secondary N) is 1. The lowest BCUT2D eigenvalue weighted by Crippen LogP contribution is -2.20. The maximum Gasteiger partial charge on any atom is 0.147 e. The van der Waals surface area contributed by atoms with Crippen molar-refractivity contribution >= 4 is 11.5 Å². The van der Waals surface area contributed by atoms with Gasteiger partial charge in [-0.05, 0) is 18.2 Å². The first kappa shape index (κ1) is 13.1. The standard InChI is InChI=1S/C13H16FN5/c1-18-6-5-17-12(18)8-19(2)11-4-3-9(13(15)16)7-10(11)14/h3-7H,8H2,1-2H3,(H3,15,16). The van der Waals surface area contributed by atoms with Crippen LogP contribution < -0.4 is 10.6 Å². The van der Waals surface area contributed by atoms with Crippen molar-refractivity contribution in [2.75, 3.05) is 11.9 Å². The van der Waals surface area contributed by atoms with Gasteiger partial charge in [0.1, 0.15) is 17.5 Å². The summed E-state index contributed by atoms with van der Waals surface area (Å²) in [6.45, 7) is 0.500. The molecule has 3 N–H and O–H groups in total. The first-order valence-electron chi connectivity index (χ1n) is 5.80. The predicted octanol–water partition coefficient (Wildman–Crippen LogP) is 1.48. The van der Waals surface area contributed by atoms with Gasteiger partial charge in [0.15, 0.2) is 0 Å². The second-order valence-corrected chi connectivity index (χ2v) is 4.39. The third-order valence-corrected chi connectivity index (χ3v) is 2.97. The number of rotatable bonds is 4. The van der Waals surface area contributed by atoms with Crippen LogP contribution in [0, 0.1) is 11.2 Å². The van der Waals surface area contributed by atoms with Crippen LogP contribution in [-0.4, -0.2) is 22.4 Å². The molecular formula is C13H16FN5. The summed E-state index contributed by atoms with van der Waals surface area (Å²) in [5, 5.41) is 7.28. The number of aromatic nitrogens is 2. The van der Waals surface area contributed by atoms with Crippen molar-refractivity contribution in [1.29, 1.82) is 5.41 Å². The van der Waals surface area contributed by atoms with Crippen molar-refractivity contribution in [2.24, 2.45) is 12.8 Å². The number of hydrogen-bond acceptors (Lipinski definition) is 3. The molecule has 0 aliphatic carbocycles. The van der Waals surface area contributed by atoms with Crippen molar-refractivity contribution in [2.45, 2.75) is 6.54 Å². The maximum absolute atomic E-state index is 14.0. The third-order valence-electron chi connectivity index (χ3n) is 2.97. The number of halogens is 1. The molecule has 6 heteroatoms. The molecule has 0 saturated heterocycles. The van der Waals surface area contributed by atoms with E-state index in [1.54, 1.807) is 30.3 Å². The molecule has 1 heterocycles. The molecule has 2 rings (SSSR count). The Kier molecular flexibility index (Phi) is 3.50. The van der Waals surface area contributed by atoms with Gasteiger partial charge >= 0.3 is 0 Å². The Morgan fingerprint density at radius 3 is 2.79 bits per heavy atom. The predicted molar refractivity (Wildman–Crippen MR) is 72.7 cm³/mol. The summed E-state index contributed by atoms with van der Waals surface area (Å²) in [6.07, 6.45) is 3.55. The first-order chi connectivity index (χ1) is 8.99. The smallest absolute Gasteiger partial charge is 0.147 e. The Morgan fingerprint density at radius 1 is 1.53 bits per heavy atom. The van der Waals surface area contributed by atoms with Gasteiger partial charge in [0.05, 0.1) is 12.2 Å². The monoisotopic (exact) mass is 261 g/mol. The van der Waals surface area contributed by atoms with Crippen LogP contribution in [-0.2, 0) is 13.6 Å². The number of aryl methyl sites for hydroxylation is 1. The largest absolute Gasteiger partial charge is 0.384 e. The van der Waals surface area contributed by atoms with E-state index in [9.17, 15) is 4.39 Å². The van der Waals surface area contributed by atoms with Gasteiger partial charge in [-0.25, -0.2) is 9.37 Å². The number of imidazole rings is 1. The molecule has 1 aromatic carbocycles. The lowest BCUT2D eigenvalue weighted by Gasteiger charge is -2.20. The number of nitrogens with zero attached hydrogens (tertiary/aromatic N) is 3. The minimum Gasteiger partial charge on any atom is -0.384 e. The van der Waals surface area contributed by atoms with E-state index in [2.05, 4.69) is 4.98 Å². The Labute approximate surface area is 111 Å². The molecule has 2 aromatic rings. The van der Waals surface area contributed by atoms with Crippen LogP contribution >= 0.6 is 0 Å². The zero-order valence-electron chi connectivity index (χ0n) is 10.9. The van der Waals surface area contributed by atoms with E-state index in [4.69, 9.17) is 11.1 Å². The second-order valence-electron chi connectivity index (χ2n) is 4.39. The molecule has 0 aliphatic heterocycles. The fourth-order valence-electron chi connectivity index (χ4n) is 1.83. The Bertz CT molecular complexity index is 605. The Morgan fingerprint density at radius 2 is 2.26 bits per heavy atom. The highest BCUT2D eigenvalue weighted by molar-refractivity contribution is 5.95. The van der Waals surface area contributed by atoms with Gasteiger partial charge in [-0.3, -0.25) is 5.41 Å². The normalized spacial score (nSPS) is 10.5. The molecular weight excluding hydrogens is 245 g/mol. The van der Waals surface area contributed by atoms with Crippen LogP contribution in [0.3, 0.4) is 0 Å². The van der Waals surface area contributed by atoms with E-state index < -0.39 is 5.82 Å². The van der Waals surface area contributed by atoms with E-state index in [-0.39, 0.29) is 5.84 Å². The van der Waals surface area contributed by atoms with Crippen molar-refractivity contribution < 1.29 is 4.39 Å². The van der Waals surface area contributed by atoms with Gasteiger partial charge in [-0.1, -0.05) is 0 Å². The average molecular weight is 261 g/mol. The molecule has 0 radical (unpaired) electrons. The Hall–Kier alpha value is -2.37. The lowest BCUT2D eigenvalue weighted by molar-refractivity contribution is 0.619. The van der Waals surface area contributed by atoms with Gasteiger partial charge in [0, 0.05) is 32.1 Å². The zero-order valence-corrected chi connectivity index (χ0v) is 10.9. The van der Waals surface area contributed by atoms with Crippen molar-refractivity contribution in [1.82, 2.24) is 9.55 Å². The van der Waals surface area contributed by atoms with Gasteiger partial charge in [0.25, 0.3) is 0 Å². The van der Waals surface area contributed by atoms with Crippen LogP contribution in [0.15, 0.2) is 30.6 Å². The van der Waals surface area contributed by atoms with Crippen LogP contribution in [0.2, 0.25) is 0 Å². The first-order valence-corrected chi connectivity index (χ1v) is 5.80. The second kappa shape index (κ2) is 5.09. The topological polar surface area (TPSA) is 70.9 Å². The molecule has 0 fully saturated rings. The fraction of sp³-hybridized carbons (Fsp3) is 0.231. The molecule has 0 spiro atoms. The maximum atomic E-state index is 14.0. The summed E-state index contributed by atoms with van der Waals surface area (Å²) in [5.74, 6) is 0.305. The van der Waals surface area contributed by atoms with E-state index >= 15 is 0 Å². The summed E-state index contributed by atoms with van der Waals surface area (Å²) in [6, 6.07) is 4.53. The number of amidine groups is 1. The number of nitrogens with two attached hydrogens (primary N) is 1. The van der Waals surface area contributed by atoms with Crippen LogP contribution in [0.5, 0.6) is 0 Å². The summed E-state index contributed by atoms with van der Waals surface area (Å²) >= 11 is 0. The molecule has 19 heavy (non-hydrogen) atoms. The summed E-state index contributed by atoms with van der Waals surface area (Å²) in [7, 11) is 3.69. The van der Waals surface area contributed by atoms with Gasteiger partial charge in [-0.2, -0.15) is 0 Å². The summed E-state index contributed by atoms with van der Waals surface area (Å²) < 4.78 is 15.9. The minimum atomic E-state index is -0.399. The van der Waals surface area contributed by atoms with Crippen LogP contribution in [0.1, 0.15) is 11.4 Å². The van der Waals surface area contributed by atoms with E-state index in [0.717, 1.165) is 5.82 Å². The zero-order chi connectivity index (χ0) is 14.0. The third kappa shape index (κ3) is 2.73. The lowest BCUT2D eigenvalue weighted by atomic mass is 10.1. The van der Waals surface area contributed by atoms with E-state index in [1.165, 1.54) is 6.07 Å². The van der Waals surface area contributed by atoms with Crippen LogP contribution in [0.25, 0.3) is 0 Å². The molecule has 1 aromatic heterocycles. The number of anilines is 1. The molecule has 0 unspecified atom stereocenters. The highest BCUT2D eigenvalue weighted by atomic mass is 19.1. The highest BCUT2D eigenvalue weighted by Gasteiger charge is 2.11. The van der Waals surface area contributed by atoms with E-state index in [0.29, 0.717) is 17.8 Å². The van der Waals surface area contributed by atoms with Crippen molar-refractivity contribution in [3.8, 4) is 0 Å². The number of benzene rings is 1. The average Bonchev–Trinajstić information content (AvgIpc) is 2.74. The molecule has 0 aliphatic rings. The SMILES string of the molecule is CN(Cc1nccn1C)c1ccc(C(=N)N)cc1F. The van der Waals surface area contributed by atoms with Gasteiger partial charge in [-0.15, -0.1) is 0 Å². The summed E-state index contributed by atoms with van der Waals surface area (Å²) in [4.78, 5) is 5.97. The van der Waals surface area contributed by atoms with E-state index in [1.807, 2.05) is 17.8 Å². The number of nitrogen functional groups attached to an aromatic ring is 1. The fourth-order valence-corrected chi connectivity index (χ4v) is 1.83. The molecule has 0 amide bonds. The molecule has 100 valence electrons. The quantitative estimate of drug-likeness (QED) is 0.647. The van der Waals surface area contributed by atoms with Gasteiger partial charge in [0.2, 0.25) is 0 Å². The van der Waals surface area contributed by atoms with Gasteiger partial charge < -0.3 is 15.2 Å². The van der Waals surface area contributed by atoms with Crippen molar-refractivity contribution in [3.63, 3.8) is 0 Å². The highest BCUT2D eigenvalue weighted by Crippen LogP contribution is 2.20. The molecule has 0 bridgehead atoms.